The Morgan fingerprint density at radius 2 is 1.42 bits per heavy atom. The smallest absolute Gasteiger partial charge is 0.0626 e. The van der Waals surface area contributed by atoms with Crippen LogP contribution in [-0.4, -0.2) is 4.57 Å². The van der Waals surface area contributed by atoms with E-state index in [0.29, 0.717) is 5.92 Å². The van der Waals surface area contributed by atoms with Crippen molar-refractivity contribution in [3.05, 3.63) is 192 Å². The molecule has 6 aromatic carbocycles. The zero-order chi connectivity index (χ0) is 33.4. The van der Waals surface area contributed by atoms with Gasteiger partial charge in [-0.1, -0.05) is 165 Å². The van der Waals surface area contributed by atoms with Crippen LogP contribution in [0.15, 0.2) is 170 Å². The summed E-state index contributed by atoms with van der Waals surface area (Å²) in [4.78, 5) is 0. The third-order valence-corrected chi connectivity index (χ3v) is 10.5. The van der Waals surface area contributed by atoms with E-state index >= 15 is 0 Å². The van der Waals surface area contributed by atoms with Crippen LogP contribution >= 0.6 is 0 Å². The average molecular weight is 642 g/mol. The quantitative estimate of drug-likeness (QED) is 0.170. The molecule has 0 aliphatic heterocycles. The molecule has 0 radical (unpaired) electrons. The Bertz CT molecular complexity index is 2570. The molecule has 2 aliphatic rings. The Kier molecular flexibility index (Phi) is 7.75. The molecule has 1 aromatic heterocycles. The molecule has 7 aromatic rings. The average Bonchev–Trinajstić information content (AvgIpc) is 3.54. The molecule has 0 amide bonds. The summed E-state index contributed by atoms with van der Waals surface area (Å²) in [6.45, 7) is 2.21. The highest BCUT2D eigenvalue weighted by atomic mass is 15.0. The molecule has 9 rings (SSSR count). The lowest BCUT2D eigenvalue weighted by Gasteiger charge is -2.25. The number of allylic oxidation sites excluding steroid dienone is 9. The standard InChI is InChI=1S/C49H39N/c1-2-3-6-23-36-32-37(39-25-12-11-24-38(39)34-19-7-4-8-20-34)33-44-41-27-13-14-28-42(41)49-48(47(36)44)43-29-16-18-31-46(43)50(49)45-30-17-15-26-40(45)35-21-9-5-10-22-35/h3-21,23-31,33,35H,2,22,32H2,1H3/b6-3-,36-23+. The molecule has 240 valence electrons. The first-order chi connectivity index (χ1) is 24.8. The van der Waals surface area contributed by atoms with Gasteiger partial charge in [-0.2, -0.15) is 0 Å². The molecule has 0 saturated carbocycles. The molecule has 0 fully saturated rings. The highest BCUT2D eigenvalue weighted by Crippen LogP contribution is 2.50. The third-order valence-electron chi connectivity index (χ3n) is 10.5. The second kappa shape index (κ2) is 12.8. The van der Waals surface area contributed by atoms with Crippen LogP contribution in [0.4, 0.5) is 0 Å². The van der Waals surface area contributed by atoms with E-state index in [9.17, 15) is 0 Å². The van der Waals surface area contributed by atoms with Gasteiger partial charge in [0.15, 0.2) is 0 Å². The molecule has 1 heteroatoms. The molecular weight excluding hydrogens is 603 g/mol. The fraction of sp³-hybridized carbons (Fsp3) is 0.102. The van der Waals surface area contributed by atoms with Gasteiger partial charge in [-0.15, -0.1) is 0 Å². The molecule has 2 aliphatic carbocycles. The van der Waals surface area contributed by atoms with Crippen molar-refractivity contribution in [2.75, 3.05) is 0 Å². The topological polar surface area (TPSA) is 4.93 Å². The molecule has 0 spiro atoms. The summed E-state index contributed by atoms with van der Waals surface area (Å²) >= 11 is 0. The fourth-order valence-electron chi connectivity index (χ4n) is 8.28. The summed E-state index contributed by atoms with van der Waals surface area (Å²) in [6, 6.07) is 46.9. The molecule has 0 saturated heterocycles. The summed E-state index contributed by atoms with van der Waals surface area (Å²) in [5.41, 5.74) is 14.3. The Morgan fingerprint density at radius 1 is 0.700 bits per heavy atom. The van der Waals surface area contributed by atoms with Gasteiger partial charge < -0.3 is 4.57 Å². The number of hydrogen-bond acceptors (Lipinski definition) is 0. The molecular formula is C49H39N. The van der Waals surface area contributed by atoms with Crippen molar-refractivity contribution in [3.8, 4) is 16.8 Å². The van der Waals surface area contributed by atoms with Gasteiger partial charge in [-0.05, 0) is 87.4 Å². The minimum Gasteiger partial charge on any atom is -0.308 e. The van der Waals surface area contributed by atoms with E-state index in [1.165, 1.54) is 82.8 Å². The van der Waals surface area contributed by atoms with Gasteiger partial charge in [0, 0.05) is 27.8 Å². The highest BCUT2D eigenvalue weighted by molar-refractivity contribution is 6.26. The molecule has 1 atom stereocenters. The second-order valence-electron chi connectivity index (χ2n) is 13.4. The molecule has 1 nitrogen and oxygen atoms in total. The highest BCUT2D eigenvalue weighted by Gasteiger charge is 2.28. The van der Waals surface area contributed by atoms with Crippen LogP contribution in [0.25, 0.3) is 66.6 Å². The van der Waals surface area contributed by atoms with Crippen molar-refractivity contribution >= 4 is 49.8 Å². The van der Waals surface area contributed by atoms with Crippen LogP contribution in [0, 0.1) is 0 Å². The maximum atomic E-state index is 2.57. The van der Waals surface area contributed by atoms with Crippen LogP contribution < -0.4 is 0 Å². The van der Waals surface area contributed by atoms with Gasteiger partial charge in [-0.25, -0.2) is 0 Å². The van der Waals surface area contributed by atoms with Crippen molar-refractivity contribution in [1.82, 2.24) is 4.57 Å². The zero-order valence-electron chi connectivity index (χ0n) is 28.4. The maximum Gasteiger partial charge on any atom is 0.0626 e. The molecule has 1 unspecified atom stereocenters. The summed E-state index contributed by atoms with van der Waals surface area (Å²) in [5, 5.41) is 5.21. The SMILES string of the molecule is CC/C=C\C=C1/CC(c2ccccc2-c2ccccc2)=Cc2c1c1c3ccccc3n(-c3ccccc3C3C=CC=CC3)c1c1ccccc21. The number of hydrogen-bond donors (Lipinski definition) is 0. The first kappa shape index (κ1) is 30.2. The Morgan fingerprint density at radius 3 is 2.24 bits per heavy atom. The van der Waals surface area contributed by atoms with E-state index in [1.54, 1.807) is 0 Å². The number of nitrogens with zero attached hydrogens (tertiary/aromatic N) is 1. The van der Waals surface area contributed by atoms with Crippen LogP contribution in [-0.2, 0) is 0 Å². The van der Waals surface area contributed by atoms with Gasteiger partial charge >= 0.3 is 0 Å². The van der Waals surface area contributed by atoms with E-state index in [0.717, 1.165) is 19.3 Å². The molecule has 1 heterocycles. The first-order valence-electron chi connectivity index (χ1n) is 17.9. The minimum atomic E-state index is 0.334. The lowest BCUT2D eigenvalue weighted by molar-refractivity contribution is 0.843. The normalized spacial score (nSPS) is 16.5. The number of rotatable bonds is 6. The molecule has 0 bridgehead atoms. The zero-order valence-corrected chi connectivity index (χ0v) is 28.4. The lowest BCUT2D eigenvalue weighted by atomic mass is 9.79. The predicted octanol–water partition coefficient (Wildman–Crippen LogP) is 13.5. The lowest BCUT2D eigenvalue weighted by Crippen LogP contribution is -2.06. The molecule has 50 heavy (non-hydrogen) atoms. The second-order valence-corrected chi connectivity index (χ2v) is 13.4. The van der Waals surface area contributed by atoms with Gasteiger partial charge in [0.05, 0.1) is 11.0 Å². The van der Waals surface area contributed by atoms with Gasteiger partial charge in [-0.3, -0.25) is 0 Å². The van der Waals surface area contributed by atoms with Crippen molar-refractivity contribution in [1.29, 1.82) is 0 Å². The Hall–Kier alpha value is -5.92. The van der Waals surface area contributed by atoms with Crippen LogP contribution in [0.5, 0.6) is 0 Å². The van der Waals surface area contributed by atoms with Gasteiger partial charge in [0.1, 0.15) is 0 Å². The third kappa shape index (κ3) is 5.01. The van der Waals surface area contributed by atoms with Crippen LogP contribution in [0.1, 0.15) is 54.4 Å². The maximum absolute atomic E-state index is 2.57. The number of para-hydroxylation sites is 2. The number of aromatic nitrogens is 1. The van der Waals surface area contributed by atoms with E-state index < -0.39 is 0 Å². The summed E-state index contributed by atoms with van der Waals surface area (Å²) in [5.74, 6) is 0.334. The first-order valence-corrected chi connectivity index (χ1v) is 17.9. The van der Waals surface area contributed by atoms with E-state index in [-0.39, 0.29) is 0 Å². The summed E-state index contributed by atoms with van der Waals surface area (Å²) in [7, 11) is 0. The Labute approximate surface area is 294 Å². The van der Waals surface area contributed by atoms with E-state index in [2.05, 4.69) is 187 Å². The summed E-state index contributed by atoms with van der Waals surface area (Å²) < 4.78 is 2.57. The monoisotopic (exact) mass is 641 g/mol. The van der Waals surface area contributed by atoms with Crippen molar-refractivity contribution < 1.29 is 0 Å². The van der Waals surface area contributed by atoms with Gasteiger partial charge in [0.2, 0.25) is 0 Å². The number of benzene rings is 6. The van der Waals surface area contributed by atoms with Gasteiger partial charge in [0.25, 0.3) is 0 Å². The van der Waals surface area contributed by atoms with Crippen molar-refractivity contribution in [3.63, 3.8) is 0 Å². The predicted molar refractivity (Wildman–Crippen MR) is 216 cm³/mol. The largest absolute Gasteiger partial charge is 0.308 e. The van der Waals surface area contributed by atoms with Crippen LogP contribution in [0.3, 0.4) is 0 Å². The minimum absolute atomic E-state index is 0.334. The molecule has 0 N–H and O–H groups in total. The van der Waals surface area contributed by atoms with Crippen molar-refractivity contribution in [2.45, 2.75) is 32.1 Å². The van der Waals surface area contributed by atoms with E-state index in [4.69, 9.17) is 0 Å². The van der Waals surface area contributed by atoms with Crippen LogP contribution in [0.2, 0.25) is 0 Å². The van der Waals surface area contributed by atoms with E-state index in [1.807, 2.05) is 0 Å². The fourth-order valence-corrected chi connectivity index (χ4v) is 8.28. The Balaban J connectivity index is 1.40. The number of fused-ring (bicyclic) bond motifs is 8. The summed E-state index contributed by atoms with van der Waals surface area (Å²) in [6.07, 6.45) is 21.3. The van der Waals surface area contributed by atoms with Crippen molar-refractivity contribution in [2.24, 2.45) is 0 Å².